The van der Waals surface area contributed by atoms with Crippen molar-refractivity contribution in [3.05, 3.63) is 70.1 Å². The van der Waals surface area contributed by atoms with Crippen LogP contribution in [0.5, 0.6) is 0 Å². The molecule has 0 atom stereocenters. The summed E-state index contributed by atoms with van der Waals surface area (Å²) in [6.07, 6.45) is 0.913. The highest BCUT2D eigenvalue weighted by Gasteiger charge is 2.32. The van der Waals surface area contributed by atoms with E-state index in [-0.39, 0.29) is 11.8 Å². The second kappa shape index (κ2) is 8.28. The van der Waals surface area contributed by atoms with E-state index in [1.54, 1.807) is 36.4 Å². The fourth-order valence-corrected chi connectivity index (χ4v) is 5.33. The zero-order chi connectivity index (χ0) is 22.2. The lowest BCUT2D eigenvalue weighted by Crippen LogP contribution is -2.41. The molecule has 1 aliphatic heterocycles. The van der Waals surface area contributed by atoms with Crippen LogP contribution in [0.3, 0.4) is 0 Å². The van der Waals surface area contributed by atoms with Gasteiger partial charge < -0.3 is 9.73 Å². The standard InChI is InChI=1S/C23H24N2O5S/c1-15-3-6-20(13-16(15)2)31(28,29)25-11-9-17(10-12-25)23(27)24-19-5-7-21-18(14-19)4-8-22(26)30-21/h3-8,13-14,17H,9-12H2,1-2H3,(H,24,27). The normalized spacial score (nSPS) is 15.8. The van der Waals surface area contributed by atoms with Crippen LogP contribution < -0.4 is 10.9 Å². The Kier molecular flexibility index (Phi) is 5.68. The Morgan fingerprint density at radius 1 is 1.00 bits per heavy atom. The van der Waals surface area contributed by atoms with Crippen LogP contribution in [-0.2, 0) is 14.8 Å². The lowest BCUT2D eigenvalue weighted by atomic mass is 9.97. The molecule has 7 nitrogen and oxygen atoms in total. The molecule has 162 valence electrons. The number of nitrogens with zero attached hydrogens (tertiary/aromatic N) is 1. The summed E-state index contributed by atoms with van der Waals surface area (Å²) in [6.45, 7) is 4.44. The minimum atomic E-state index is -3.57. The zero-order valence-corrected chi connectivity index (χ0v) is 18.2. The van der Waals surface area contributed by atoms with Crippen LogP contribution in [-0.4, -0.2) is 31.7 Å². The Morgan fingerprint density at radius 3 is 2.45 bits per heavy atom. The molecule has 0 radical (unpaired) electrons. The van der Waals surface area contributed by atoms with E-state index in [0.29, 0.717) is 47.5 Å². The Labute approximate surface area is 180 Å². The van der Waals surface area contributed by atoms with Gasteiger partial charge in [0.2, 0.25) is 15.9 Å². The first-order valence-electron chi connectivity index (χ1n) is 10.2. The third-order valence-corrected chi connectivity index (χ3v) is 7.72. The predicted molar refractivity (Wildman–Crippen MR) is 119 cm³/mol. The molecule has 1 aromatic heterocycles. The average Bonchev–Trinajstić information content (AvgIpc) is 2.75. The van der Waals surface area contributed by atoms with Gasteiger partial charge in [-0.1, -0.05) is 6.07 Å². The molecule has 2 heterocycles. The summed E-state index contributed by atoms with van der Waals surface area (Å²) in [5.74, 6) is -0.407. The van der Waals surface area contributed by atoms with Crippen molar-refractivity contribution >= 4 is 32.6 Å². The van der Waals surface area contributed by atoms with E-state index in [4.69, 9.17) is 4.42 Å². The molecule has 1 saturated heterocycles. The lowest BCUT2D eigenvalue weighted by Gasteiger charge is -2.30. The first-order valence-corrected chi connectivity index (χ1v) is 11.6. The maximum Gasteiger partial charge on any atom is 0.336 e. The first kappa shape index (κ1) is 21.3. The van der Waals surface area contributed by atoms with Crippen molar-refractivity contribution in [2.45, 2.75) is 31.6 Å². The molecule has 0 unspecified atom stereocenters. The number of carbonyl (C=O) groups excluding carboxylic acids is 1. The maximum atomic E-state index is 13.0. The summed E-state index contributed by atoms with van der Waals surface area (Å²) in [7, 11) is -3.57. The van der Waals surface area contributed by atoms with Gasteiger partial charge in [-0.25, -0.2) is 13.2 Å². The van der Waals surface area contributed by atoms with Crippen LogP contribution in [0.15, 0.2) is 62.6 Å². The summed E-state index contributed by atoms with van der Waals surface area (Å²) >= 11 is 0. The molecule has 4 rings (SSSR count). The van der Waals surface area contributed by atoms with Crippen LogP contribution in [0.25, 0.3) is 11.0 Å². The molecule has 1 fully saturated rings. The number of fused-ring (bicyclic) bond motifs is 1. The van der Waals surface area contributed by atoms with Crippen LogP contribution in [0.1, 0.15) is 24.0 Å². The molecule has 8 heteroatoms. The summed E-state index contributed by atoms with van der Waals surface area (Å²) < 4.78 is 32.5. The Morgan fingerprint density at radius 2 is 1.74 bits per heavy atom. The number of nitrogens with one attached hydrogen (secondary N) is 1. The topological polar surface area (TPSA) is 96.7 Å². The molecule has 31 heavy (non-hydrogen) atoms. The number of hydrogen-bond acceptors (Lipinski definition) is 5. The molecule has 2 aromatic carbocycles. The van der Waals surface area contributed by atoms with Gasteiger partial charge in [-0.05, 0) is 74.2 Å². The number of aryl methyl sites for hydroxylation is 2. The summed E-state index contributed by atoms with van der Waals surface area (Å²) in [5, 5.41) is 3.61. The first-order chi connectivity index (χ1) is 14.7. The van der Waals surface area contributed by atoms with Crippen molar-refractivity contribution in [2.24, 2.45) is 5.92 Å². The van der Waals surface area contributed by atoms with Gasteiger partial charge in [0.1, 0.15) is 5.58 Å². The largest absolute Gasteiger partial charge is 0.423 e. The summed E-state index contributed by atoms with van der Waals surface area (Å²) in [6, 6.07) is 13.2. The summed E-state index contributed by atoms with van der Waals surface area (Å²) in [4.78, 5) is 24.3. The maximum absolute atomic E-state index is 13.0. The van der Waals surface area contributed by atoms with Gasteiger partial charge in [0.05, 0.1) is 4.90 Å². The van der Waals surface area contributed by atoms with Crippen LogP contribution in [0.4, 0.5) is 5.69 Å². The number of carbonyl (C=O) groups is 1. The number of rotatable bonds is 4. The van der Waals surface area contributed by atoms with E-state index in [9.17, 15) is 18.0 Å². The van der Waals surface area contributed by atoms with Crippen molar-refractivity contribution < 1.29 is 17.6 Å². The van der Waals surface area contributed by atoms with E-state index in [0.717, 1.165) is 11.1 Å². The van der Waals surface area contributed by atoms with E-state index in [1.165, 1.54) is 10.4 Å². The third-order valence-electron chi connectivity index (χ3n) is 5.83. The Hall–Kier alpha value is -2.97. The lowest BCUT2D eigenvalue weighted by molar-refractivity contribution is -0.120. The van der Waals surface area contributed by atoms with Gasteiger partial charge in [0.15, 0.2) is 0 Å². The predicted octanol–water partition coefficient (Wildman–Crippen LogP) is 3.45. The number of amides is 1. The molecule has 0 aliphatic carbocycles. The van der Waals surface area contributed by atoms with Crippen LogP contribution >= 0.6 is 0 Å². The molecule has 1 aliphatic rings. The molecular weight excluding hydrogens is 416 g/mol. The quantitative estimate of drug-likeness (QED) is 0.627. The van der Waals surface area contributed by atoms with Gasteiger partial charge >= 0.3 is 5.63 Å². The SMILES string of the molecule is Cc1ccc(S(=O)(=O)N2CCC(C(=O)Nc3ccc4oc(=O)ccc4c3)CC2)cc1C. The Bertz CT molecular complexity index is 1310. The highest BCUT2D eigenvalue weighted by atomic mass is 32.2. The van der Waals surface area contributed by atoms with Crippen molar-refractivity contribution in [1.82, 2.24) is 4.31 Å². The van der Waals surface area contributed by atoms with Crippen molar-refractivity contribution in [2.75, 3.05) is 18.4 Å². The third kappa shape index (κ3) is 4.40. The number of sulfonamides is 1. The van der Waals surface area contributed by atoms with Crippen molar-refractivity contribution in [3.63, 3.8) is 0 Å². The van der Waals surface area contributed by atoms with E-state index >= 15 is 0 Å². The fraction of sp³-hybridized carbons (Fsp3) is 0.304. The minimum absolute atomic E-state index is 0.139. The zero-order valence-electron chi connectivity index (χ0n) is 17.4. The number of piperidine rings is 1. The highest BCUT2D eigenvalue weighted by molar-refractivity contribution is 7.89. The molecule has 0 saturated carbocycles. The highest BCUT2D eigenvalue weighted by Crippen LogP contribution is 2.26. The second-order valence-electron chi connectivity index (χ2n) is 7.92. The van der Waals surface area contributed by atoms with Crippen LogP contribution in [0.2, 0.25) is 0 Å². The van der Waals surface area contributed by atoms with E-state index in [2.05, 4.69) is 5.32 Å². The Balaban J connectivity index is 1.41. The van der Waals surface area contributed by atoms with Gasteiger partial charge in [0, 0.05) is 36.1 Å². The van der Waals surface area contributed by atoms with Gasteiger partial charge in [-0.15, -0.1) is 0 Å². The molecule has 1 N–H and O–H groups in total. The second-order valence-corrected chi connectivity index (χ2v) is 9.86. The number of anilines is 1. The summed E-state index contributed by atoms with van der Waals surface area (Å²) in [5.41, 5.74) is 2.62. The van der Waals surface area contributed by atoms with Gasteiger partial charge in [-0.3, -0.25) is 4.79 Å². The number of hydrogen-bond donors (Lipinski definition) is 1. The number of benzene rings is 2. The molecule has 1 amide bonds. The van der Waals surface area contributed by atoms with Crippen LogP contribution in [0, 0.1) is 19.8 Å². The molecule has 0 bridgehead atoms. The van der Waals surface area contributed by atoms with Crippen molar-refractivity contribution in [1.29, 1.82) is 0 Å². The molecule has 0 spiro atoms. The average molecular weight is 441 g/mol. The van der Waals surface area contributed by atoms with Gasteiger partial charge in [0.25, 0.3) is 0 Å². The molecule has 3 aromatic rings. The van der Waals surface area contributed by atoms with Gasteiger partial charge in [-0.2, -0.15) is 4.31 Å². The smallest absolute Gasteiger partial charge is 0.336 e. The van der Waals surface area contributed by atoms with E-state index < -0.39 is 15.6 Å². The fourth-order valence-electron chi connectivity index (χ4n) is 3.78. The van der Waals surface area contributed by atoms with E-state index in [1.807, 2.05) is 19.9 Å². The minimum Gasteiger partial charge on any atom is -0.423 e. The molecular formula is C23H24N2O5S. The monoisotopic (exact) mass is 440 g/mol. The van der Waals surface area contributed by atoms with Crippen molar-refractivity contribution in [3.8, 4) is 0 Å².